The van der Waals surface area contributed by atoms with E-state index in [1.807, 2.05) is 38.1 Å². The fraction of sp³-hybridized carbons (Fsp3) is 0.478. The van der Waals surface area contributed by atoms with Crippen LogP contribution in [-0.2, 0) is 25.6 Å². The molecule has 4 atom stereocenters. The van der Waals surface area contributed by atoms with E-state index in [0.29, 0.717) is 0 Å². The Labute approximate surface area is 208 Å². The zero-order valence-corrected chi connectivity index (χ0v) is 20.5. The number of fused-ring (bicyclic) bond motifs is 1. The second kappa shape index (κ2) is 13.1. The van der Waals surface area contributed by atoms with Gasteiger partial charge in [0.05, 0.1) is 6.61 Å². The number of carbonyl (C=O) groups is 4. The van der Waals surface area contributed by atoms with Crippen LogP contribution in [0, 0.1) is 5.92 Å². The average molecular weight is 508 g/mol. The minimum atomic E-state index is -1.23. The first kappa shape index (κ1) is 28.1. The van der Waals surface area contributed by atoms with Gasteiger partial charge in [-0.15, -0.1) is 0 Å². The Kier molecular flexibility index (Phi) is 10.6. The lowest BCUT2D eigenvalue weighted by molar-refractivity contribution is -0.142. The molecule has 0 aliphatic rings. The molecule has 1 aromatic heterocycles. The number of rotatable bonds is 13. The molecule has 0 saturated heterocycles. The number of carbonyl (C=O) groups excluding carboxylic acids is 3. The molecule has 0 aliphatic carbocycles. The highest BCUT2D eigenvalue weighted by molar-refractivity contribution is 7.80. The van der Waals surface area contributed by atoms with Crippen molar-refractivity contribution in [1.29, 1.82) is 0 Å². The van der Waals surface area contributed by atoms with E-state index in [9.17, 15) is 29.4 Å². The van der Waals surface area contributed by atoms with Crippen LogP contribution in [0.5, 0.6) is 0 Å². The normalized spacial score (nSPS) is 14.7. The summed E-state index contributed by atoms with van der Waals surface area (Å²) < 4.78 is 0. The van der Waals surface area contributed by atoms with Crippen molar-refractivity contribution in [3.63, 3.8) is 0 Å². The summed E-state index contributed by atoms with van der Waals surface area (Å²) in [5.41, 5.74) is 7.18. The van der Waals surface area contributed by atoms with Gasteiger partial charge >= 0.3 is 5.97 Å². The molecule has 0 aliphatic heterocycles. The zero-order valence-electron chi connectivity index (χ0n) is 19.7. The predicted molar refractivity (Wildman–Crippen MR) is 134 cm³/mol. The van der Waals surface area contributed by atoms with Crippen molar-refractivity contribution >= 4 is 47.2 Å². The number of hydrogen-bond acceptors (Lipinski definition) is 7. The monoisotopic (exact) mass is 507 g/mol. The van der Waals surface area contributed by atoms with Crippen molar-refractivity contribution in [2.24, 2.45) is 11.7 Å². The van der Waals surface area contributed by atoms with E-state index in [4.69, 9.17) is 5.73 Å². The standard InChI is InChI=1S/C23H33N5O6S/c1-12(2)7-18(23(33)34)27-22(32)19(11-35)28-21(31)17(26-20(30)15(24)10-29)8-13-9-25-16-6-4-3-5-14(13)16/h3-6,9,12,15,17-19,25,29,35H,7-8,10-11,24H2,1-2H3,(H,26,30)(H,27,32)(H,28,31)(H,33,34). The Balaban J connectivity index is 2.21. The number of carboxylic acids is 1. The number of aliphatic hydroxyl groups is 1. The van der Waals surface area contributed by atoms with E-state index >= 15 is 0 Å². The van der Waals surface area contributed by atoms with E-state index in [2.05, 4.69) is 33.6 Å². The van der Waals surface area contributed by atoms with Gasteiger partial charge in [0.2, 0.25) is 17.7 Å². The number of nitrogens with one attached hydrogen (secondary N) is 4. The quantitative estimate of drug-likeness (QED) is 0.169. The van der Waals surface area contributed by atoms with Crippen LogP contribution in [-0.4, -0.2) is 75.4 Å². The van der Waals surface area contributed by atoms with Gasteiger partial charge in [0.25, 0.3) is 0 Å². The Morgan fingerprint density at radius 3 is 2.20 bits per heavy atom. The van der Waals surface area contributed by atoms with Crippen molar-refractivity contribution in [2.45, 2.75) is 50.9 Å². The molecule has 35 heavy (non-hydrogen) atoms. The number of benzene rings is 1. The molecule has 192 valence electrons. The number of H-pyrrole nitrogens is 1. The first-order valence-corrected chi connectivity index (χ1v) is 11.9. The molecule has 3 amide bonds. The summed E-state index contributed by atoms with van der Waals surface area (Å²) in [5, 5.41) is 26.9. The summed E-state index contributed by atoms with van der Waals surface area (Å²) in [6, 6.07) is 2.80. The van der Waals surface area contributed by atoms with Crippen LogP contribution in [0.1, 0.15) is 25.8 Å². The van der Waals surface area contributed by atoms with Crippen molar-refractivity contribution in [1.82, 2.24) is 20.9 Å². The van der Waals surface area contributed by atoms with Crippen LogP contribution in [0.25, 0.3) is 10.9 Å². The molecule has 2 aromatic rings. The zero-order chi connectivity index (χ0) is 26.1. The number of aliphatic carboxylic acids is 1. The lowest BCUT2D eigenvalue weighted by atomic mass is 10.0. The third-order valence-electron chi connectivity index (χ3n) is 5.40. The smallest absolute Gasteiger partial charge is 0.326 e. The van der Waals surface area contributed by atoms with Gasteiger partial charge in [-0.05, 0) is 24.0 Å². The summed E-state index contributed by atoms with van der Waals surface area (Å²) in [6.45, 7) is 3.05. The third-order valence-corrected chi connectivity index (χ3v) is 5.77. The number of carboxylic acid groups (broad SMARTS) is 1. The first-order chi connectivity index (χ1) is 16.6. The fourth-order valence-corrected chi connectivity index (χ4v) is 3.78. The highest BCUT2D eigenvalue weighted by Crippen LogP contribution is 2.19. The van der Waals surface area contributed by atoms with Crippen LogP contribution < -0.4 is 21.7 Å². The third kappa shape index (κ3) is 7.98. The highest BCUT2D eigenvalue weighted by Gasteiger charge is 2.30. The molecule has 12 heteroatoms. The highest BCUT2D eigenvalue weighted by atomic mass is 32.1. The Bertz CT molecular complexity index is 1040. The Hall–Kier alpha value is -3.09. The van der Waals surface area contributed by atoms with Crippen molar-refractivity contribution in [3.05, 3.63) is 36.0 Å². The number of aromatic nitrogens is 1. The van der Waals surface area contributed by atoms with Crippen molar-refractivity contribution < 1.29 is 29.4 Å². The molecule has 8 N–H and O–H groups in total. The minimum absolute atomic E-state index is 0.0203. The maximum Gasteiger partial charge on any atom is 0.326 e. The van der Waals surface area contributed by atoms with Crippen LogP contribution in [0.2, 0.25) is 0 Å². The Morgan fingerprint density at radius 2 is 1.60 bits per heavy atom. The molecule has 2 rings (SSSR count). The Morgan fingerprint density at radius 1 is 1.00 bits per heavy atom. The van der Waals surface area contributed by atoms with Crippen molar-refractivity contribution in [2.75, 3.05) is 12.4 Å². The number of thiol groups is 1. The molecular weight excluding hydrogens is 474 g/mol. The molecule has 0 fully saturated rings. The summed E-state index contributed by atoms with van der Waals surface area (Å²) in [5.74, 6) is -3.38. The maximum atomic E-state index is 13.2. The summed E-state index contributed by atoms with van der Waals surface area (Å²) in [4.78, 5) is 52.8. The van der Waals surface area contributed by atoms with E-state index < -0.39 is 54.5 Å². The topological polar surface area (TPSA) is 187 Å². The van der Waals surface area contributed by atoms with Crippen LogP contribution in [0.3, 0.4) is 0 Å². The summed E-state index contributed by atoms with van der Waals surface area (Å²) in [7, 11) is 0. The van der Waals surface area contributed by atoms with E-state index in [1.165, 1.54) is 0 Å². The molecule has 11 nitrogen and oxygen atoms in total. The largest absolute Gasteiger partial charge is 0.480 e. The van der Waals surface area contributed by atoms with Gasteiger partial charge in [-0.2, -0.15) is 12.6 Å². The molecule has 0 bridgehead atoms. The number of aliphatic hydroxyl groups excluding tert-OH is 1. The number of nitrogens with two attached hydrogens (primary N) is 1. The van der Waals surface area contributed by atoms with Crippen LogP contribution in [0.4, 0.5) is 0 Å². The van der Waals surface area contributed by atoms with Gasteiger partial charge in [0, 0.05) is 29.3 Å². The number of aromatic amines is 1. The minimum Gasteiger partial charge on any atom is -0.480 e. The first-order valence-electron chi connectivity index (χ1n) is 11.2. The van der Waals surface area contributed by atoms with E-state index in [0.717, 1.165) is 16.5 Å². The van der Waals surface area contributed by atoms with Crippen LogP contribution in [0.15, 0.2) is 30.5 Å². The lowest BCUT2D eigenvalue weighted by Gasteiger charge is -2.24. The second-order valence-electron chi connectivity index (χ2n) is 8.69. The molecule has 1 heterocycles. The number of para-hydroxylation sites is 1. The van der Waals surface area contributed by atoms with Gasteiger partial charge in [0.1, 0.15) is 24.2 Å². The number of hydrogen-bond donors (Lipinski definition) is 8. The van der Waals surface area contributed by atoms with E-state index in [-0.39, 0.29) is 24.5 Å². The molecule has 0 spiro atoms. The number of amides is 3. The molecular formula is C23H33N5O6S. The van der Waals surface area contributed by atoms with Gasteiger partial charge in [-0.3, -0.25) is 14.4 Å². The SMILES string of the molecule is CC(C)CC(NC(=O)C(CS)NC(=O)C(Cc1c[nH]c2ccccc12)NC(=O)C(N)CO)C(=O)O. The van der Waals surface area contributed by atoms with E-state index in [1.54, 1.807) is 6.20 Å². The fourth-order valence-electron chi connectivity index (χ4n) is 3.52. The molecule has 4 unspecified atom stereocenters. The van der Waals surface area contributed by atoms with Crippen LogP contribution >= 0.6 is 12.6 Å². The predicted octanol–water partition coefficient (Wildman–Crippen LogP) is -0.455. The van der Waals surface area contributed by atoms with Gasteiger partial charge in [-0.25, -0.2) is 4.79 Å². The summed E-state index contributed by atoms with van der Waals surface area (Å²) in [6.07, 6.45) is 2.01. The molecule has 0 radical (unpaired) electrons. The second-order valence-corrected chi connectivity index (χ2v) is 9.05. The molecule has 1 aromatic carbocycles. The molecule has 0 saturated carbocycles. The average Bonchev–Trinajstić information content (AvgIpc) is 3.23. The lowest BCUT2D eigenvalue weighted by Crippen LogP contribution is -2.58. The van der Waals surface area contributed by atoms with Gasteiger partial charge in [0.15, 0.2) is 0 Å². The van der Waals surface area contributed by atoms with Gasteiger partial charge in [-0.1, -0.05) is 32.0 Å². The van der Waals surface area contributed by atoms with Gasteiger partial charge < -0.3 is 36.9 Å². The maximum absolute atomic E-state index is 13.2. The summed E-state index contributed by atoms with van der Waals surface area (Å²) >= 11 is 4.13. The van der Waals surface area contributed by atoms with Crippen molar-refractivity contribution in [3.8, 4) is 0 Å².